The van der Waals surface area contributed by atoms with E-state index in [0.29, 0.717) is 11.1 Å². The van der Waals surface area contributed by atoms with Gasteiger partial charge in [-0.15, -0.1) is 0 Å². The number of fused-ring (bicyclic) bond motifs is 1. The number of aromatic amines is 1. The third-order valence-corrected chi connectivity index (χ3v) is 4.39. The Morgan fingerprint density at radius 1 is 1.31 bits per heavy atom. The zero-order chi connectivity index (χ0) is 21.3. The molecule has 152 valence electrons. The van der Waals surface area contributed by atoms with Crippen LogP contribution in [0.2, 0.25) is 0 Å². The van der Waals surface area contributed by atoms with Gasteiger partial charge in [-0.1, -0.05) is 6.07 Å². The van der Waals surface area contributed by atoms with Crippen LogP contribution < -0.4 is 21.8 Å². The number of rotatable bonds is 6. The molecule has 0 amide bonds. The number of H-pyrrole nitrogens is 1. The summed E-state index contributed by atoms with van der Waals surface area (Å²) in [5.74, 6) is -0.628. The number of pyridine rings is 2. The molecule has 0 atom stereocenters. The van der Waals surface area contributed by atoms with Crippen LogP contribution in [-0.2, 0) is 0 Å². The largest absolute Gasteiger partial charge is 0.477 e. The number of hydrogen-bond acceptors (Lipinski definition) is 6. The summed E-state index contributed by atoms with van der Waals surface area (Å²) in [4.78, 5) is 19.3. The molecule has 0 aliphatic rings. The number of aromatic nitrogens is 2. The SMILES string of the molecule is Cc1cc2[nH]c(=O)c(N)c(-c3ccc(F)c(N)c3C=N)c2nc1OCCC(F)F. The number of halogens is 3. The van der Waals surface area contributed by atoms with Crippen molar-refractivity contribution in [2.24, 2.45) is 0 Å². The number of alkyl halides is 2. The lowest BCUT2D eigenvalue weighted by atomic mass is 9.96. The maximum absolute atomic E-state index is 13.9. The predicted molar refractivity (Wildman–Crippen MR) is 105 cm³/mol. The molecule has 6 N–H and O–H groups in total. The zero-order valence-corrected chi connectivity index (χ0v) is 15.4. The van der Waals surface area contributed by atoms with E-state index in [0.717, 1.165) is 12.3 Å². The van der Waals surface area contributed by atoms with Crippen molar-refractivity contribution in [1.82, 2.24) is 9.97 Å². The maximum Gasteiger partial charge on any atom is 0.272 e. The second kappa shape index (κ2) is 7.82. The Morgan fingerprint density at radius 2 is 2.03 bits per heavy atom. The van der Waals surface area contributed by atoms with E-state index in [1.807, 2.05) is 0 Å². The lowest BCUT2D eigenvalue weighted by Crippen LogP contribution is -2.15. The molecule has 10 heteroatoms. The second-order valence-corrected chi connectivity index (χ2v) is 6.34. The molecule has 2 aromatic heterocycles. The highest BCUT2D eigenvalue weighted by molar-refractivity contribution is 6.05. The first-order valence-corrected chi connectivity index (χ1v) is 8.57. The molecule has 0 unspecified atom stereocenters. The maximum atomic E-state index is 13.9. The van der Waals surface area contributed by atoms with Gasteiger partial charge in [-0.3, -0.25) is 4.79 Å². The molecule has 2 heterocycles. The van der Waals surface area contributed by atoms with Crippen LogP contribution in [0.15, 0.2) is 23.0 Å². The van der Waals surface area contributed by atoms with Crippen LogP contribution in [0.3, 0.4) is 0 Å². The minimum atomic E-state index is -2.52. The monoisotopic (exact) mass is 405 g/mol. The Kier molecular flexibility index (Phi) is 5.44. The molecule has 1 aromatic carbocycles. The van der Waals surface area contributed by atoms with E-state index in [9.17, 15) is 18.0 Å². The molecule has 0 radical (unpaired) electrons. The zero-order valence-electron chi connectivity index (χ0n) is 15.4. The normalized spacial score (nSPS) is 11.2. The standard InChI is InChI=1S/C19H18F3N5O2/c1-8-6-12-17(27-19(8)29-5-4-13(21)22)14(16(25)18(28)26-12)9-2-3-11(20)15(24)10(9)7-23/h2-3,6-7,13,23H,4-5,24-25H2,1H3,(H,26,28). The average Bonchev–Trinajstić information content (AvgIpc) is 2.66. The highest BCUT2D eigenvalue weighted by Crippen LogP contribution is 2.36. The summed E-state index contributed by atoms with van der Waals surface area (Å²) in [5.41, 5.74) is 12.1. The van der Waals surface area contributed by atoms with E-state index in [4.69, 9.17) is 21.6 Å². The molecule has 0 saturated carbocycles. The Labute approximate surface area is 163 Å². The minimum Gasteiger partial charge on any atom is -0.477 e. The van der Waals surface area contributed by atoms with Crippen LogP contribution in [-0.4, -0.2) is 29.2 Å². The van der Waals surface area contributed by atoms with Gasteiger partial charge in [0.1, 0.15) is 17.0 Å². The Balaban J connectivity index is 2.29. The van der Waals surface area contributed by atoms with Crippen molar-refractivity contribution in [3.63, 3.8) is 0 Å². The Morgan fingerprint density at radius 3 is 2.69 bits per heavy atom. The van der Waals surface area contributed by atoms with Gasteiger partial charge >= 0.3 is 0 Å². The number of ether oxygens (including phenoxy) is 1. The number of nitrogens with one attached hydrogen (secondary N) is 2. The fraction of sp³-hybridized carbons (Fsp3) is 0.211. The van der Waals surface area contributed by atoms with E-state index in [-0.39, 0.29) is 46.1 Å². The van der Waals surface area contributed by atoms with Gasteiger partial charge in [0.2, 0.25) is 12.3 Å². The van der Waals surface area contributed by atoms with E-state index >= 15 is 0 Å². The lowest BCUT2D eigenvalue weighted by Gasteiger charge is -2.15. The number of nitrogen functional groups attached to an aromatic ring is 2. The molecule has 0 aliphatic heterocycles. The summed E-state index contributed by atoms with van der Waals surface area (Å²) in [5, 5.41) is 7.60. The van der Waals surface area contributed by atoms with Crippen LogP contribution in [0.4, 0.5) is 24.5 Å². The fourth-order valence-corrected chi connectivity index (χ4v) is 2.96. The number of hydrogen-bond donors (Lipinski definition) is 4. The molecule has 3 rings (SSSR count). The van der Waals surface area contributed by atoms with Crippen molar-refractivity contribution in [2.75, 3.05) is 18.1 Å². The summed E-state index contributed by atoms with van der Waals surface area (Å²) < 4.78 is 44.0. The van der Waals surface area contributed by atoms with Crippen LogP contribution in [0.5, 0.6) is 5.88 Å². The van der Waals surface area contributed by atoms with E-state index in [1.165, 1.54) is 6.07 Å². The average molecular weight is 405 g/mol. The van der Waals surface area contributed by atoms with Crippen molar-refractivity contribution in [1.29, 1.82) is 5.41 Å². The van der Waals surface area contributed by atoms with Gasteiger partial charge in [0.05, 0.1) is 17.8 Å². The molecule has 0 spiro atoms. The first kappa shape index (κ1) is 20.2. The van der Waals surface area contributed by atoms with Crippen molar-refractivity contribution < 1.29 is 17.9 Å². The lowest BCUT2D eigenvalue weighted by molar-refractivity contribution is 0.113. The van der Waals surface area contributed by atoms with E-state index in [1.54, 1.807) is 13.0 Å². The summed E-state index contributed by atoms with van der Waals surface area (Å²) in [6, 6.07) is 4.01. The number of benzene rings is 1. The van der Waals surface area contributed by atoms with Crippen molar-refractivity contribution in [2.45, 2.75) is 19.8 Å². The molecule has 0 fully saturated rings. The van der Waals surface area contributed by atoms with Gasteiger partial charge < -0.3 is 26.6 Å². The van der Waals surface area contributed by atoms with Crippen LogP contribution in [0.25, 0.3) is 22.2 Å². The molecular formula is C19H18F3N5O2. The Bertz CT molecular complexity index is 1160. The number of nitrogens with zero attached hydrogens (tertiary/aromatic N) is 1. The predicted octanol–water partition coefficient (Wildman–Crippen LogP) is 3.23. The first-order chi connectivity index (χ1) is 13.7. The first-order valence-electron chi connectivity index (χ1n) is 8.57. The molecule has 29 heavy (non-hydrogen) atoms. The smallest absolute Gasteiger partial charge is 0.272 e. The van der Waals surface area contributed by atoms with Gasteiger partial charge in [0, 0.05) is 29.3 Å². The highest BCUT2D eigenvalue weighted by atomic mass is 19.3. The summed E-state index contributed by atoms with van der Waals surface area (Å²) in [6.45, 7) is 1.40. The summed E-state index contributed by atoms with van der Waals surface area (Å²) in [7, 11) is 0. The molecule has 0 bridgehead atoms. The van der Waals surface area contributed by atoms with Gasteiger partial charge in [0.25, 0.3) is 5.56 Å². The summed E-state index contributed by atoms with van der Waals surface area (Å²) in [6.07, 6.45) is -2.13. The topological polar surface area (TPSA) is 131 Å². The van der Waals surface area contributed by atoms with Gasteiger partial charge in [-0.25, -0.2) is 18.2 Å². The molecule has 0 aliphatic carbocycles. The number of anilines is 2. The Hall–Kier alpha value is -3.56. The minimum absolute atomic E-state index is 0.0335. The third-order valence-electron chi connectivity index (χ3n) is 4.39. The van der Waals surface area contributed by atoms with Crippen molar-refractivity contribution in [3.8, 4) is 17.0 Å². The number of aryl methyl sites for hydroxylation is 1. The van der Waals surface area contributed by atoms with Gasteiger partial charge in [0.15, 0.2) is 0 Å². The quantitative estimate of drug-likeness (QED) is 0.369. The highest BCUT2D eigenvalue weighted by Gasteiger charge is 2.20. The second-order valence-electron chi connectivity index (χ2n) is 6.34. The van der Waals surface area contributed by atoms with Crippen LogP contribution in [0.1, 0.15) is 17.5 Å². The van der Waals surface area contributed by atoms with Crippen molar-refractivity contribution >= 4 is 28.6 Å². The van der Waals surface area contributed by atoms with Crippen molar-refractivity contribution in [3.05, 3.63) is 45.5 Å². The molecule has 3 aromatic rings. The summed E-state index contributed by atoms with van der Waals surface area (Å²) >= 11 is 0. The van der Waals surface area contributed by atoms with Crippen LogP contribution in [0, 0.1) is 18.2 Å². The molecule has 0 saturated heterocycles. The third kappa shape index (κ3) is 3.73. The van der Waals surface area contributed by atoms with Gasteiger partial charge in [-0.05, 0) is 24.6 Å². The molecular weight excluding hydrogens is 387 g/mol. The number of nitrogens with two attached hydrogens (primary N) is 2. The molecule has 7 nitrogen and oxygen atoms in total. The van der Waals surface area contributed by atoms with Crippen LogP contribution >= 0.6 is 0 Å². The van der Waals surface area contributed by atoms with E-state index in [2.05, 4.69) is 9.97 Å². The fourth-order valence-electron chi connectivity index (χ4n) is 2.96. The van der Waals surface area contributed by atoms with E-state index < -0.39 is 24.2 Å². The van der Waals surface area contributed by atoms with Gasteiger partial charge in [-0.2, -0.15) is 0 Å².